The number of hydrogen-bond donors (Lipinski definition) is 3. The van der Waals surface area contributed by atoms with Gasteiger partial charge in [-0.3, -0.25) is 14.4 Å². The van der Waals surface area contributed by atoms with E-state index in [0.29, 0.717) is 24.9 Å². The van der Waals surface area contributed by atoms with Crippen molar-refractivity contribution in [3.63, 3.8) is 0 Å². The number of aromatic amines is 1. The van der Waals surface area contributed by atoms with Crippen LogP contribution in [0.4, 0.5) is 5.82 Å². The molecule has 0 atom stereocenters. The Hall–Kier alpha value is -3.42. The molecule has 142 valence electrons. The number of esters is 1. The van der Waals surface area contributed by atoms with Gasteiger partial charge in [0.2, 0.25) is 0 Å². The molecular weight excluding hydrogens is 348 g/mol. The van der Waals surface area contributed by atoms with Gasteiger partial charge in [0.25, 0.3) is 5.91 Å². The Bertz CT molecular complexity index is 862. The van der Waals surface area contributed by atoms with Crippen molar-refractivity contribution in [2.75, 3.05) is 18.5 Å². The molecule has 0 aliphatic rings. The molecule has 8 nitrogen and oxygen atoms in total. The summed E-state index contributed by atoms with van der Waals surface area (Å²) in [5, 5.41) is 13.8. The molecule has 0 saturated heterocycles. The van der Waals surface area contributed by atoms with Gasteiger partial charge >= 0.3 is 5.97 Å². The first-order valence-corrected chi connectivity index (χ1v) is 8.51. The highest BCUT2D eigenvalue weighted by Gasteiger charge is 2.16. The highest BCUT2D eigenvalue weighted by atomic mass is 16.5. The number of rotatable bonds is 9. The average molecular weight is 369 g/mol. The van der Waals surface area contributed by atoms with Crippen molar-refractivity contribution in [2.24, 2.45) is 0 Å². The Kier molecular flexibility index (Phi) is 7.30. The number of benzene rings is 1. The van der Waals surface area contributed by atoms with Crippen LogP contribution in [0.5, 0.6) is 0 Å². The van der Waals surface area contributed by atoms with E-state index in [-0.39, 0.29) is 24.5 Å². The van der Waals surface area contributed by atoms with Crippen LogP contribution in [0.3, 0.4) is 0 Å². The lowest BCUT2D eigenvalue weighted by Gasteiger charge is -2.15. The van der Waals surface area contributed by atoms with E-state index < -0.39 is 17.3 Å². The van der Waals surface area contributed by atoms with Crippen LogP contribution in [-0.2, 0) is 22.4 Å². The minimum atomic E-state index is -0.747. The second kappa shape index (κ2) is 9.91. The van der Waals surface area contributed by atoms with Crippen LogP contribution in [0, 0.1) is 0 Å². The summed E-state index contributed by atoms with van der Waals surface area (Å²) in [5.41, 5.74) is 0.962. The molecule has 8 heteroatoms. The minimum Gasteiger partial charge on any atom is -0.472 e. The van der Waals surface area contributed by atoms with Gasteiger partial charge in [-0.1, -0.05) is 30.3 Å². The molecular formula is C19H21N4O4-. The zero-order chi connectivity index (χ0) is 19.6. The van der Waals surface area contributed by atoms with Gasteiger partial charge in [0, 0.05) is 17.6 Å². The van der Waals surface area contributed by atoms with E-state index in [9.17, 15) is 14.4 Å². The highest BCUT2D eigenvalue weighted by Crippen LogP contribution is 2.11. The minimum absolute atomic E-state index is 0.0504. The molecule has 0 radical (unpaired) electrons. The highest BCUT2D eigenvalue weighted by molar-refractivity contribution is 6.01. The number of aromatic nitrogens is 1. The Morgan fingerprint density at radius 3 is 2.63 bits per heavy atom. The maximum absolute atomic E-state index is 12.4. The van der Waals surface area contributed by atoms with E-state index in [0.717, 1.165) is 5.56 Å². The van der Waals surface area contributed by atoms with Crippen molar-refractivity contribution >= 4 is 24.0 Å². The predicted octanol–water partition coefficient (Wildman–Crippen LogP) is 1.46. The number of H-pyrrole nitrogens is 1. The van der Waals surface area contributed by atoms with E-state index in [2.05, 4.69) is 15.6 Å². The van der Waals surface area contributed by atoms with Crippen LogP contribution >= 0.6 is 0 Å². The maximum Gasteiger partial charge on any atom is 0.325 e. The van der Waals surface area contributed by atoms with Crippen LogP contribution < -0.4 is 16.1 Å². The fourth-order valence-electron chi connectivity index (χ4n) is 2.52. The number of carbonyl (C=O) groups is 2. The van der Waals surface area contributed by atoms with E-state index in [1.807, 2.05) is 30.3 Å². The number of anilines is 1. The summed E-state index contributed by atoms with van der Waals surface area (Å²) in [6.07, 6.45) is 1.87. The molecule has 0 unspecified atom stereocenters. The molecule has 1 aromatic heterocycles. The summed E-state index contributed by atoms with van der Waals surface area (Å²) < 4.78 is 4.73. The molecule has 0 spiro atoms. The van der Waals surface area contributed by atoms with Gasteiger partial charge in [0.05, 0.1) is 6.61 Å². The summed E-state index contributed by atoms with van der Waals surface area (Å²) in [6.45, 7) is 1.49. The molecule has 1 amide bonds. The molecule has 1 heterocycles. The molecule has 0 aliphatic carbocycles. The lowest BCUT2D eigenvalue weighted by molar-refractivity contribution is -0.141. The molecule has 1 aromatic carbocycles. The van der Waals surface area contributed by atoms with Gasteiger partial charge in [-0.25, -0.2) is 0 Å². The first-order valence-electron chi connectivity index (χ1n) is 8.51. The summed E-state index contributed by atoms with van der Waals surface area (Å²) in [5.74, 6) is -1.30. The summed E-state index contributed by atoms with van der Waals surface area (Å²) >= 11 is 0. The molecule has 0 fully saturated rings. The van der Waals surface area contributed by atoms with Gasteiger partial charge in [-0.05, 0) is 25.3 Å². The Morgan fingerprint density at radius 1 is 1.22 bits per heavy atom. The van der Waals surface area contributed by atoms with E-state index in [1.165, 1.54) is 6.07 Å². The number of pyridine rings is 1. The molecule has 2 rings (SSSR count). The third-order valence-corrected chi connectivity index (χ3v) is 3.75. The molecule has 27 heavy (non-hydrogen) atoms. The van der Waals surface area contributed by atoms with Gasteiger partial charge in [-0.2, -0.15) is 0 Å². The number of nitrogens with one attached hydrogen (secondary N) is 3. The molecule has 0 saturated carbocycles. The van der Waals surface area contributed by atoms with E-state index in [1.54, 1.807) is 6.92 Å². The van der Waals surface area contributed by atoms with Crippen molar-refractivity contribution in [1.29, 1.82) is 0 Å². The van der Waals surface area contributed by atoms with Gasteiger partial charge in [0.15, 0.2) is 5.43 Å². The van der Waals surface area contributed by atoms with Crippen molar-refractivity contribution in [2.45, 2.75) is 19.8 Å². The largest absolute Gasteiger partial charge is 0.472 e. The third kappa shape index (κ3) is 5.81. The van der Waals surface area contributed by atoms with Gasteiger partial charge < -0.3 is 25.8 Å². The Balaban J connectivity index is 2.17. The smallest absolute Gasteiger partial charge is 0.325 e. The SMILES string of the molecule is CCOC(=O)CNC(=O)c1c(NC=[N-])[nH]c(CCc2ccccc2)cc1=O. The molecule has 2 aromatic rings. The Labute approximate surface area is 156 Å². The number of nitrogens with zero attached hydrogens (tertiary/aromatic N) is 1. The number of aryl methyl sites for hydroxylation is 2. The molecule has 0 bridgehead atoms. The molecule has 0 aliphatic heterocycles. The summed E-state index contributed by atoms with van der Waals surface area (Å²) in [4.78, 5) is 39.0. The fourth-order valence-corrected chi connectivity index (χ4v) is 2.52. The van der Waals surface area contributed by atoms with Crippen LogP contribution in [-0.4, -0.2) is 36.4 Å². The number of hydrogen-bond acceptors (Lipinski definition) is 4. The number of amides is 1. The zero-order valence-electron chi connectivity index (χ0n) is 15.0. The van der Waals surface area contributed by atoms with E-state index in [4.69, 9.17) is 10.1 Å². The van der Waals surface area contributed by atoms with Crippen molar-refractivity contribution in [3.8, 4) is 0 Å². The first-order chi connectivity index (χ1) is 13.0. The quantitative estimate of drug-likeness (QED) is 0.351. The normalized spacial score (nSPS) is 10.1. The van der Waals surface area contributed by atoms with Crippen LogP contribution in [0.25, 0.3) is 5.41 Å². The standard InChI is InChI=1S/C19H21N4O4/c1-2-27-16(25)11-21-19(26)17-15(24)10-14(23-18(17)22-12-20)9-8-13-6-4-3-5-7-13/h3-7,10,12H,2,8-9,11H2,1H3,(H3-,20,21,22,23,24,26)/q-1. The van der Waals surface area contributed by atoms with E-state index >= 15 is 0 Å². The van der Waals surface area contributed by atoms with Crippen LogP contribution in [0.1, 0.15) is 28.5 Å². The summed E-state index contributed by atoms with van der Waals surface area (Å²) in [7, 11) is 0. The van der Waals surface area contributed by atoms with Crippen LogP contribution in [0.2, 0.25) is 0 Å². The topological polar surface area (TPSA) is 123 Å². The first kappa shape index (κ1) is 19.9. The van der Waals surface area contributed by atoms with Crippen LogP contribution in [0.15, 0.2) is 41.2 Å². The van der Waals surface area contributed by atoms with Gasteiger partial charge in [0.1, 0.15) is 12.1 Å². The Morgan fingerprint density at radius 2 is 1.96 bits per heavy atom. The maximum atomic E-state index is 12.4. The van der Waals surface area contributed by atoms with Crippen molar-refractivity contribution in [1.82, 2.24) is 10.3 Å². The predicted molar refractivity (Wildman–Crippen MR) is 103 cm³/mol. The zero-order valence-corrected chi connectivity index (χ0v) is 15.0. The average Bonchev–Trinajstić information content (AvgIpc) is 2.66. The number of ether oxygens (including phenoxy) is 1. The van der Waals surface area contributed by atoms with Crippen molar-refractivity contribution < 1.29 is 14.3 Å². The fraction of sp³-hybridized carbons (Fsp3) is 0.263. The monoisotopic (exact) mass is 369 g/mol. The molecule has 3 N–H and O–H groups in total. The lowest BCUT2D eigenvalue weighted by Crippen LogP contribution is -2.34. The second-order valence-electron chi connectivity index (χ2n) is 5.66. The summed E-state index contributed by atoms with van der Waals surface area (Å²) in [6, 6.07) is 11.1. The van der Waals surface area contributed by atoms with Gasteiger partial charge in [-0.15, -0.1) is 6.34 Å². The lowest BCUT2D eigenvalue weighted by atomic mass is 10.1. The third-order valence-electron chi connectivity index (χ3n) is 3.75. The van der Waals surface area contributed by atoms with Crippen molar-refractivity contribution in [3.05, 3.63) is 68.9 Å². The number of carbonyl (C=O) groups excluding carboxylic acids is 2. The second-order valence-corrected chi connectivity index (χ2v) is 5.66.